The molecule has 1 heterocycles. The van der Waals surface area contributed by atoms with E-state index in [1.807, 2.05) is 24.3 Å². The summed E-state index contributed by atoms with van der Waals surface area (Å²) in [4.78, 5) is 0. The summed E-state index contributed by atoms with van der Waals surface area (Å²) in [6.07, 6.45) is 5.50. The molecule has 0 atom stereocenters. The topological polar surface area (TPSA) is 46.3 Å². The maximum Gasteiger partial charge on any atom is 0.170 e. The molecule has 3 nitrogen and oxygen atoms in total. The van der Waals surface area contributed by atoms with E-state index in [-0.39, 0.29) is 5.75 Å². The molecule has 0 unspecified atom stereocenters. The molecule has 0 aliphatic heterocycles. The van der Waals surface area contributed by atoms with Crippen LogP contribution in [0.25, 0.3) is 17.4 Å². The van der Waals surface area contributed by atoms with Gasteiger partial charge < -0.3 is 9.63 Å². The Labute approximate surface area is 102 Å². The number of hydrogen-bond acceptors (Lipinski definition) is 3. The summed E-state index contributed by atoms with van der Waals surface area (Å²) in [6, 6.07) is 7.06. The molecule has 1 aromatic heterocycles. The first-order valence-corrected chi connectivity index (χ1v) is 5.90. The normalized spacial score (nSPS) is 11.1. The summed E-state index contributed by atoms with van der Waals surface area (Å²) >= 11 is 3.31. The van der Waals surface area contributed by atoms with Gasteiger partial charge in [-0.25, -0.2) is 0 Å². The molecule has 82 valence electrons. The molecule has 0 aliphatic carbocycles. The number of halogens is 1. The minimum absolute atomic E-state index is 0.188. The first kappa shape index (κ1) is 11.0. The average Bonchev–Trinajstić information content (AvgIpc) is 2.81. The van der Waals surface area contributed by atoms with Crippen LogP contribution in [0.1, 0.15) is 5.56 Å². The van der Waals surface area contributed by atoms with Gasteiger partial charge >= 0.3 is 0 Å². The van der Waals surface area contributed by atoms with E-state index in [0.29, 0.717) is 11.3 Å². The summed E-state index contributed by atoms with van der Waals surface area (Å²) in [6.45, 7) is 0. The largest absolute Gasteiger partial charge is 0.507 e. The smallest absolute Gasteiger partial charge is 0.170 e. The number of aromatic hydroxyl groups is 1. The second-order valence-corrected chi connectivity index (χ2v) is 3.86. The fourth-order valence-electron chi connectivity index (χ4n) is 1.39. The number of phenolic OH excluding ortho intramolecular Hbond substituents is 1. The van der Waals surface area contributed by atoms with Crippen molar-refractivity contribution in [3.8, 4) is 17.1 Å². The number of aromatic nitrogens is 1. The summed E-state index contributed by atoms with van der Waals surface area (Å²) < 4.78 is 5.02. The van der Waals surface area contributed by atoms with Crippen LogP contribution < -0.4 is 0 Å². The lowest BCUT2D eigenvalue weighted by atomic mass is 10.1. The lowest BCUT2D eigenvalue weighted by molar-refractivity contribution is 0.426. The third kappa shape index (κ3) is 2.33. The van der Waals surface area contributed by atoms with E-state index >= 15 is 0 Å². The van der Waals surface area contributed by atoms with Crippen LogP contribution in [0.5, 0.6) is 5.75 Å². The Morgan fingerprint density at radius 2 is 2.25 bits per heavy atom. The van der Waals surface area contributed by atoms with Crippen LogP contribution >= 0.6 is 15.9 Å². The van der Waals surface area contributed by atoms with Gasteiger partial charge in [0.25, 0.3) is 0 Å². The molecule has 2 rings (SSSR count). The molecule has 0 spiro atoms. The molecule has 1 N–H and O–H groups in total. The maximum absolute atomic E-state index is 9.71. The van der Waals surface area contributed by atoms with Crippen molar-refractivity contribution < 1.29 is 9.63 Å². The van der Waals surface area contributed by atoms with Crippen molar-refractivity contribution in [2.24, 2.45) is 0 Å². The molecule has 0 amide bonds. The van der Waals surface area contributed by atoms with Gasteiger partial charge in [0.05, 0.1) is 11.8 Å². The van der Waals surface area contributed by atoms with E-state index in [9.17, 15) is 5.11 Å². The molecule has 16 heavy (non-hydrogen) atoms. The van der Waals surface area contributed by atoms with E-state index in [4.69, 9.17) is 4.52 Å². The van der Waals surface area contributed by atoms with Crippen LogP contribution in [0.3, 0.4) is 0 Å². The van der Waals surface area contributed by atoms with Gasteiger partial charge in [-0.15, -0.1) is 0 Å². The van der Waals surface area contributed by atoms with Gasteiger partial charge in [-0.3, -0.25) is 0 Å². The zero-order chi connectivity index (χ0) is 11.4. The molecule has 0 radical (unpaired) electrons. The number of phenols is 1. The van der Waals surface area contributed by atoms with E-state index in [0.717, 1.165) is 10.9 Å². The van der Waals surface area contributed by atoms with Crippen LogP contribution in [-0.4, -0.2) is 15.6 Å². The highest BCUT2D eigenvalue weighted by Gasteiger charge is 2.07. The Morgan fingerprint density at radius 3 is 2.94 bits per heavy atom. The molecule has 0 saturated carbocycles. The molecular formula is C12H10BrNO2. The average molecular weight is 280 g/mol. The second-order valence-electron chi connectivity index (χ2n) is 3.21. The van der Waals surface area contributed by atoms with Crippen LogP contribution in [0.2, 0.25) is 0 Å². The van der Waals surface area contributed by atoms with Crippen LogP contribution in [0, 0.1) is 0 Å². The Hall–Kier alpha value is -1.55. The lowest BCUT2D eigenvalue weighted by Crippen LogP contribution is -1.79. The van der Waals surface area contributed by atoms with Crippen molar-refractivity contribution in [1.82, 2.24) is 5.16 Å². The monoisotopic (exact) mass is 279 g/mol. The summed E-state index contributed by atoms with van der Waals surface area (Å²) in [7, 11) is 0. The zero-order valence-electron chi connectivity index (χ0n) is 8.43. The minimum atomic E-state index is 0.188. The third-order valence-corrected chi connectivity index (χ3v) is 2.50. The highest BCUT2D eigenvalue weighted by molar-refractivity contribution is 9.09. The Morgan fingerprint density at radius 1 is 1.38 bits per heavy atom. The minimum Gasteiger partial charge on any atom is -0.507 e. The first-order chi connectivity index (χ1) is 7.81. The highest BCUT2D eigenvalue weighted by atomic mass is 79.9. The van der Waals surface area contributed by atoms with Gasteiger partial charge in [0.2, 0.25) is 0 Å². The van der Waals surface area contributed by atoms with Crippen LogP contribution in [0.15, 0.2) is 41.1 Å². The van der Waals surface area contributed by atoms with Crippen molar-refractivity contribution in [2.75, 3.05) is 5.33 Å². The van der Waals surface area contributed by atoms with E-state index in [1.54, 1.807) is 18.3 Å². The predicted molar refractivity (Wildman–Crippen MR) is 66.4 cm³/mol. The van der Waals surface area contributed by atoms with Gasteiger partial charge in [-0.1, -0.05) is 39.3 Å². The number of benzene rings is 1. The van der Waals surface area contributed by atoms with E-state index in [1.165, 1.54) is 0 Å². The van der Waals surface area contributed by atoms with Gasteiger partial charge in [-0.2, -0.15) is 0 Å². The number of rotatable bonds is 3. The van der Waals surface area contributed by atoms with E-state index < -0.39 is 0 Å². The van der Waals surface area contributed by atoms with Crippen molar-refractivity contribution >= 4 is 22.0 Å². The quantitative estimate of drug-likeness (QED) is 0.876. The molecular weight excluding hydrogens is 270 g/mol. The maximum atomic E-state index is 9.71. The van der Waals surface area contributed by atoms with Gasteiger partial charge in [-0.05, 0) is 17.7 Å². The SMILES string of the molecule is Oc1ccc(C=CCBr)cc1-c1ccno1. The van der Waals surface area contributed by atoms with Crippen molar-refractivity contribution in [3.05, 3.63) is 42.1 Å². The molecule has 2 aromatic rings. The van der Waals surface area contributed by atoms with E-state index in [2.05, 4.69) is 21.1 Å². The van der Waals surface area contributed by atoms with Crippen molar-refractivity contribution in [3.63, 3.8) is 0 Å². The molecule has 0 bridgehead atoms. The first-order valence-electron chi connectivity index (χ1n) is 4.78. The van der Waals surface area contributed by atoms with Gasteiger partial charge in [0.1, 0.15) is 5.75 Å². The summed E-state index contributed by atoms with van der Waals surface area (Å²) in [5.74, 6) is 0.749. The molecule has 1 aromatic carbocycles. The highest BCUT2D eigenvalue weighted by Crippen LogP contribution is 2.29. The third-order valence-electron chi connectivity index (χ3n) is 2.12. The Balaban J connectivity index is 2.41. The summed E-state index contributed by atoms with van der Waals surface area (Å²) in [5, 5.41) is 14.1. The molecule has 0 aliphatic rings. The number of nitrogens with zero attached hydrogens (tertiary/aromatic N) is 1. The fraction of sp³-hybridized carbons (Fsp3) is 0.0833. The number of hydrogen-bond donors (Lipinski definition) is 1. The van der Waals surface area contributed by atoms with Gasteiger partial charge in [0.15, 0.2) is 5.76 Å². The predicted octanol–water partition coefficient (Wildman–Crippen LogP) is 3.46. The number of allylic oxidation sites excluding steroid dienone is 1. The fourth-order valence-corrected chi connectivity index (χ4v) is 1.58. The standard InChI is InChI=1S/C12H10BrNO2/c13-6-1-2-9-3-4-11(15)10(8-9)12-5-7-14-16-12/h1-5,7-8,15H,6H2. The van der Waals surface area contributed by atoms with Crippen LogP contribution in [-0.2, 0) is 0 Å². The van der Waals surface area contributed by atoms with Crippen molar-refractivity contribution in [1.29, 1.82) is 0 Å². The van der Waals surface area contributed by atoms with Crippen molar-refractivity contribution in [2.45, 2.75) is 0 Å². The molecule has 0 saturated heterocycles. The Bertz CT molecular complexity index is 492. The Kier molecular flexibility index (Phi) is 3.41. The van der Waals surface area contributed by atoms with Crippen LogP contribution in [0.4, 0.5) is 0 Å². The molecule has 0 fully saturated rings. The second kappa shape index (κ2) is 4.99. The summed E-state index contributed by atoms with van der Waals surface area (Å²) in [5.41, 5.74) is 1.65. The number of alkyl halides is 1. The zero-order valence-corrected chi connectivity index (χ0v) is 10.0. The molecule has 4 heteroatoms. The van der Waals surface area contributed by atoms with Gasteiger partial charge in [0, 0.05) is 11.4 Å². The lowest BCUT2D eigenvalue weighted by Gasteiger charge is -2.01.